The van der Waals surface area contributed by atoms with Crippen molar-refractivity contribution in [3.63, 3.8) is 0 Å². The second kappa shape index (κ2) is 11.4. The minimum absolute atomic E-state index is 0.359. The van der Waals surface area contributed by atoms with Gasteiger partial charge in [-0.05, 0) is 29.6 Å². The molecule has 4 aromatic rings. The first-order valence-electron chi connectivity index (χ1n) is 9.20. The van der Waals surface area contributed by atoms with Crippen molar-refractivity contribution in [2.45, 2.75) is 6.42 Å². The molecule has 5 N–H and O–H groups in total. The normalized spacial score (nSPS) is 10.9. The quantitative estimate of drug-likeness (QED) is 0.226. The molecule has 3 aromatic heterocycles. The molecule has 0 aliphatic carbocycles. The average Bonchev–Trinajstić information content (AvgIpc) is 3.36. The first-order valence-corrected chi connectivity index (χ1v) is 12.9. The van der Waals surface area contributed by atoms with Crippen molar-refractivity contribution >= 4 is 83.1 Å². The Bertz CT molecular complexity index is 1330. The number of halogens is 1. The minimum atomic E-state index is -3.67. The Morgan fingerprint density at radius 3 is 2.73 bits per heavy atom. The predicted octanol–water partition coefficient (Wildman–Crippen LogP) is 4.75. The van der Waals surface area contributed by atoms with Gasteiger partial charge in [-0.25, -0.2) is 24.0 Å². The van der Waals surface area contributed by atoms with E-state index in [1.807, 2.05) is 11.4 Å². The number of carbonyl (C=O) groups excluding carboxylic acids is 1. The molecule has 4 rings (SSSR count). The molecule has 33 heavy (non-hydrogen) atoms. The van der Waals surface area contributed by atoms with Gasteiger partial charge in [-0.1, -0.05) is 17.7 Å². The zero-order valence-electron chi connectivity index (χ0n) is 16.9. The van der Waals surface area contributed by atoms with Crippen molar-refractivity contribution in [1.29, 1.82) is 0 Å². The fourth-order valence-electron chi connectivity index (χ4n) is 2.53. The zero-order valence-corrected chi connectivity index (χ0v) is 20.1. The number of amides is 2. The summed E-state index contributed by atoms with van der Waals surface area (Å²) >= 11 is 8.96. The number of hydrogen-bond donors (Lipinski definition) is 5. The van der Waals surface area contributed by atoms with Gasteiger partial charge in [0.1, 0.15) is 12.1 Å². The van der Waals surface area contributed by atoms with Gasteiger partial charge in [0.25, 0.3) is 0 Å². The molecule has 0 radical (unpaired) electrons. The van der Waals surface area contributed by atoms with Crippen LogP contribution in [0.2, 0.25) is 5.02 Å². The van der Waals surface area contributed by atoms with E-state index in [9.17, 15) is 9.00 Å². The number of urea groups is 1. The van der Waals surface area contributed by atoms with Crippen LogP contribution in [0.3, 0.4) is 0 Å². The van der Waals surface area contributed by atoms with Gasteiger partial charge < -0.3 is 10.6 Å². The molecule has 0 bridgehead atoms. The van der Waals surface area contributed by atoms with Gasteiger partial charge in [-0.15, -0.1) is 22.7 Å². The Kier molecular flexibility index (Phi) is 8.55. The molecule has 14 heteroatoms. The van der Waals surface area contributed by atoms with Crippen molar-refractivity contribution in [2.24, 2.45) is 0 Å². The van der Waals surface area contributed by atoms with E-state index < -0.39 is 10.1 Å². The van der Waals surface area contributed by atoms with Gasteiger partial charge in [0.05, 0.1) is 10.2 Å². The van der Waals surface area contributed by atoms with Crippen molar-refractivity contribution < 1.29 is 18.1 Å². The fraction of sp³-hybridized carbons (Fsp3) is 0.105. The second-order valence-electron chi connectivity index (χ2n) is 6.36. The number of fused-ring (bicyclic) bond motifs is 1. The molecule has 0 unspecified atom stereocenters. The zero-order chi connectivity index (χ0) is 23.8. The molecule has 174 valence electrons. The maximum atomic E-state index is 12.1. The predicted molar refractivity (Wildman–Crippen MR) is 136 cm³/mol. The van der Waals surface area contributed by atoms with Crippen molar-refractivity contribution in [2.75, 3.05) is 22.5 Å². The number of anilines is 3. The van der Waals surface area contributed by atoms with Gasteiger partial charge in [0.15, 0.2) is 15.2 Å². The molecule has 1 aromatic carbocycles. The highest BCUT2D eigenvalue weighted by atomic mass is 35.5. The summed E-state index contributed by atoms with van der Waals surface area (Å²) in [6.07, 6.45) is 4.10. The summed E-state index contributed by atoms with van der Waals surface area (Å²) in [6, 6.07) is 8.58. The van der Waals surface area contributed by atoms with Crippen LogP contribution in [0.15, 0.2) is 48.2 Å². The molecule has 0 saturated heterocycles. The number of nitrogens with zero attached hydrogens (tertiary/aromatic N) is 3. The van der Waals surface area contributed by atoms with E-state index in [-0.39, 0.29) is 6.03 Å². The van der Waals surface area contributed by atoms with Crippen LogP contribution in [0.5, 0.6) is 0 Å². The van der Waals surface area contributed by atoms with E-state index in [1.54, 1.807) is 48.1 Å². The number of carbonyl (C=O) groups is 1. The Labute approximate surface area is 202 Å². The number of benzene rings is 1. The standard InChI is InChI=1S/C18H15ClN6OS2.CH4O3S/c19-11-2-1-3-12(8-11)24-17(26)25-18-21-9-13(28-18)4-6-20-16-15-14(5-7-27-15)22-10-23-16;1-5(2,3)4/h1-3,5,7-10H,4,6H2,(H,20,22,23)(H2,21,24,25,26);1H2,(H2,2,3,4). The van der Waals surface area contributed by atoms with Crippen molar-refractivity contribution in [3.05, 3.63) is 58.1 Å². The molecule has 3 heterocycles. The summed E-state index contributed by atoms with van der Waals surface area (Å²) in [6.45, 7) is 0.709. The molecule has 0 aliphatic heterocycles. The van der Waals surface area contributed by atoms with Crippen LogP contribution in [0.4, 0.5) is 21.4 Å². The number of thiazole rings is 1. The molecule has 0 saturated carbocycles. The third kappa shape index (κ3) is 8.57. The lowest BCUT2D eigenvalue weighted by molar-refractivity contribution is 0.262. The Hall–Kier alpha value is -2.81. The van der Waals surface area contributed by atoms with Crippen LogP contribution in [0.25, 0.3) is 10.2 Å². The lowest BCUT2D eigenvalue weighted by Crippen LogP contribution is -2.19. The van der Waals surface area contributed by atoms with Gasteiger partial charge in [-0.3, -0.25) is 14.4 Å². The first-order chi connectivity index (χ1) is 15.7. The van der Waals surface area contributed by atoms with E-state index in [0.29, 0.717) is 22.4 Å². The summed E-state index contributed by atoms with van der Waals surface area (Å²) < 4.78 is 25.2. The molecular formula is C19H19ClN6O4S3. The molecular weight excluding hydrogens is 508 g/mol. The van der Waals surface area contributed by atoms with Crippen LogP contribution in [0.1, 0.15) is 4.88 Å². The largest absolute Gasteiger partial charge is 0.368 e. The van der Waals surface area contributed by atoms with Gasteiger partial charge in [0, 0.05) is 40.6 Å². The first kappa shape index (κ1) is 24.8. The highest BCUT2D eigenvalue weighted by Crippen LogP contribution is 2.25. The topological polar surface area (TPSA) is 149 Å². The maximum absolute atomic E-state index is 12.1. The molecule has 0 aliphatic rings. The SMILES string of the molecule is C=S(=O)(O)O.O=C(Nc1cccc(Cl)c1)Nc1ncc(CCNc2ncnc3ccsc23)s1. The average molecular weight is 527 g/mol. The van der Waals surface area contributed by atoms with Crippen LogP contribution >= 0.6 is 34.3 Å². The number of rotatable bonds is 6. The highest BCUT2D eigenvalue weighted by Gasteiger charge is 2.08. The van der Waals surface area contributed by atoms with Gasteiger partial charge in [0.2, 0.25) is 0 Å². The molecule has 0 spiro atoms. The van der Waals surface area contributed by atoms with E-state index in [0.717, 1.165) is 27.3 Å². The van der Waals surface area contributed by atoms with E-state index >= 15 is 0 Å². The Morgan fingerprint density at radius 2 is 1.97 bits per heavy atom. The highest BCUT2D eigenvalue weighted by molar-refractivity contribution is 7.89. The number of aromatic nitrogens is 3. The maximum Gasteiger partial charge on any atom is 0.325 e. The third-order valence-corrected chi connectivity index (χ3v) is 5.88. The second-order valence-corrected chi connectivity index (χ2v) is 10.0. The van der Waals surface area contributed by atoms with E-state index in [2.05, 4.69) is 36.8 Å². The van der Waals surface area contributed by atoms with Crippen LogP contribution in [0, 0.1) is 0 Å². The van der Waals surface area contributed by atoms with Crippen LogP contribution in [-0.2, 0) is 16.5 Å². The molecule has 0 atom stereocenters. The van der Waals surface area contributed by atoms with Crippen molar-refractivity contribution in [1.82, 2.24) is 15.0 Å². The number of hydrogen-bond acceptors (Lipinski definition) is 8. The molecule has 0 fully saturated rings. The lowest BCUT2D eigenvalue weighted by Gasteiger charge is -2.05. The fourth-order valence-corrected chi connectivity index (χ4v) is 4.33. The van der Waals surface area contributed by atoms with E-state index in [4.69, 9.17) is 20.7 Å². The van der Waals surface area contributed by atoms with E-state index in [1.165, 1.54) is 11.3 Å². The molecule has 2 amide bonds. The van der Waals surface area contributed by atoms with Crippen molar-refractivity contribution in [3.8, 4) is 0 Å². The number of nitrogens with one attached hydrogen (secondary N) is 3. The lowest BCUT2D eigenvalue weighted by atomic mass is 10.3. The summed E-state index contributed by atoms with van der Waals surface area (Å²) in [4.78, 5) is 25.9. The summed E-state index contributed by atoms with van der Waals surface area (Å²) in [5.41, 5.74) is 1.56. The Morgan fingerprint density at radius 1 is 1.18 bits per heavy atom. The summed E-state index contributed by atoms with van der Waals surface area (Å²) in [7, 11) is -3.67. The number of thiophene rings is 1. The Balaban J connectivity index is 0.000000555. The minimum Gasteiger partial charge on any atom is -0.368 e. The van der Waals surface area contributed by atoms with Crippen LogP contribution < -0.4 is 16.0 Å². The molecule has 10 nitrogen and oxygen atoms in total. The van der Waals surface area contributed by atoms with Crippen LogP contribution in [-0.4, -0.2) is 46.7 Å². The monoisotopic (exact) mass is 526 g/mol. The summed E-state index contributed by atoms with van der Waals surface area (Å²) in [5.74, 6) is 3.25. The third-order valence-electron chi connectivity index (χ3n) is 3.76. The van der Waals surface area contributed by atoms with Gasteiger partial charge >= 0.3 is 6.03 Å². The van der Waals surface area contributed by atoms with Gasteiger partial charge in [-0.2, -0.15) is 0 Å². The summed E-state index contributed by atoms with van der Waals surface area (Å²) in [5, 5.41) is 11.9. The smallest absolute Gasteiger partial charge is 0.325 e.